The number of sulfone groups is 1. The Balaban J connectivity index is 1.85. The maximum Gasteiger partial charge on any atom is 0.335 e. The van der Waals surface area contributed by atoms with Gasteiger partial charge in [-0.15, -0.1) is 0 Å². The predicted octanol–water partition coefficient (Wildman–Crippen LogP) is 2.08. The van der Waals surface area contributed by atoms with Crippen LogP contribution in [-0.4, -0.2) is 37.7 Å². The molecule has 0 spiro atoms. The maximum atomic E-state index is 12.0. The lowest BCUT2D eigenvalue weighted by molar-refractivity contribution is -0.120. The van der Waals surface area contributed by atoms with Crippen molar-refractivity contribution in [3.8, 4) is 0 Å². The highest BCUT2D eigenvalue weighted by atomic mass is 32.2. The highest BCUT2D eigenvalue weighted by Crippen LogP contribution is 2.12. The molecule has 1 amide bonds. The van der Waals surface area contributed by atoms with Crippen molar-refractivity contribution >= 4 is 21.7 Å². The van der Waals surface area contributed by atoms with Gasteiger partial charge in [0.15, 0.2) is 9.84 Å². The van der Waals surface area contributed by atoms with Gasteiger partial charge in [-0.05, 0) is 41.8 Å². The van der Waals surface area contributed by atoms with Crippen molar-refractivity contribution < 1.29 is 23.1 Å². The third kappa shape index (κ3) is 5.42. The number of rotatable bonds is 8. The van der Waals surface area contributed by atoms with Gasteiger partial charge in [-0.1, -0.05) is 31.2 Å². The zero-order chi connectivity index (χ0) is 19.2. The molecule has 0 aliphatic carbocycles. The van der Waals surface area contributed by atoms with Gasteiger partial charge in [-0.2, -0.15) is 0 Å². The van der Waals surface area contributed by atoms with Crippen molar-refractivity contribution in [3.63, 3.8) is 0 Å². The second kappa shape index (κ2) is 8.62. The number of hydrogen-bond donors (Lipinski definition) is 2. The monoisotopic (exact) mass is 375 g/mol. The van der Waals surface area contributed by atoms with Crippen LogP contribution in [0.15, 0.2) is 53.4 Å². The Morgan fingerprint density at radius 2 is 1.73 bits per heavy atom. The second-order valence-electron chi connectivity index (χ2n) is 5.83. The van der Waals surface area contributed by atoms with Gasteiger partial charge in [-0.25, -0.2) is 13.2 Å². The normalized spacial score (nSPS) is 11.1. The number of nitrogens with one attached hydrogen (secondary N) is 1. The second-order valence-corrected chi connectivity index (χ2v) is 8.11. The number of hydrogen-bond acceptors (Lipinski definition) is 4. The smallest absolute Gasteiger partial charge is 0.335 e. The fourth-order valence-electron chi connectivity index (χ4n) is 2.44. The van der Waals surface area contributed by atoms with Crippen LogP contribution >= 0.6 is 0 Å². The number of aromatic carboxylic acids is 1. The standard InChI is InChI=1S/C19H21NO5S/c1-2-26(24,25)17-8-6-15(7-9-17)13-18(21)20-11-10-14-4-3-5-16(12-14)19(22)23/h3-9,12H,2,10-11,13H2,1H3,(H,20,21)(H,22,23). The molecule has 2 aromatic rings. The molecule has 2 aromatic carbocycles. The molecule has 0 radical (unpaired) electrons. The zero-order valence-corrected chi connectivity index (χ0v) is 15.3. The van der Waals surface area contributed by atoms with Crippen molar-refractivity contribution in [2.75, 3.05) is 12.3 Å². The van der Waals surface area contributed by atoms with Crippen molar-refractivity contribution in [2.24, 2.45) is 0 Å². The summed E-state index contributed by atoms with van der Waals surface area (Å²) in [6.45, 7) is 1.98. The molecule has 0 atom stereocenters. The van der Waals surface area contributed by atoms with Crippen molar-refractivity contribution in [3.05, 3.63) is 65.2 Å². The van der Waals surface area contributed by atoms with Gasteiger partial charge in [0, 0.05) is 6.54 Å². The molecule has 0 unspecified atom stereocenters. The maximum absolute atomic E-state index is 12.0. The van der Waals surface area contributed by atoms with Gasteiger partial charge in [0.25, 0.3) is 0 Å². The molecular formula is C19H21NO5S. The molecule has 0 aromatic heterocycles. The first-order valence-corrected chi connectivity index (χ1v) is 9.87. The molecule has 2 N–H and O–H groups in total. The number of carbonyl (C=O) groups excluding carboxylic acids is 1. The summed E-state index contributed by atoms with van der Waals surface area (Å²) < 4.78 is 23.5. The number of amides is 1. The summed E-state index contributed by atoms with van der Waals surface area (Å²) in [4.78, 5) is 23.2. The largest absolute Gasteiger partial charge is 0.478 e. The van der Waals surface area contributed by atoms with Crippen molar-refractivity contribution in [1.82, 2.24) is 5.32 Å². The van der Waals surface area contributed by atoms with E-state index >= 15 is 0 Å². The first-order chi connectivity index (χ1) is 12.3. The van der Waals surface area contributed by atoms with E-state index in [4.69, 9.17) is 5.11 Å². The average Bonchev–Trinajstić information content (AvgIpc) is 2.62. The Bertz CT molecular complexity index is 888. The lowest BCUT2D eigenvalue weighted by Crippen LogP contribution is -2.27. The lowest BCUT2D eigenvalue weighted by Gasteiger charge is -2.07. The molecular weight excluding hydrogens is 354 g/mol. The van der Waals surface area contributed by atoms with Crippen LogP contribution in [0.3, 0.4) is 0 Å². The molecule has 2 rings (SSSR count). The van der Waals surface area contributed by atoms with Gasteiger partial charge in [0.1, 0.15) is 0 Å². The highest BCUT2D eigenvalue weighted by Gasteiger charge is 2.11. The molecule has 0 saturated carbocycles. The Morgan fingerprint density at radius 3 is 2.35 bits per heavy atom. The van der Waals surface area contributed by atoms with Crippen LogP contribution in [0.2, 0.25) is 0 Å². The minimum absolute atomic E-state index is 0.0376. The summed E-state index contributed by atoms with van der Waals surface area (Å²) in [5, 5.41) is 11.7. The fraction of sp³-hybridized carbons (Fsp3) is 0.263. The van der Waals surface area contributed by atoms with Gasteiger partial charge >= 0.3 is 5.97 Å². The third-order valence-electron chi connectivity index (χ3n) is 3.94. The molecule has 0 saturated heterocycles. The first kappa shape index (κ1) is 19.7. The minimum atomic E-state index is -3.24. The Kier molecular flexibility index (Phi) is 6.52. The molecule has 0 heterocycles. The summed E-state index contributed by atoms with van der Waals surface area (Å²) >= 11 is 0. The van der Waals surface area contributed by atoms with Crippen molar-refractivity contribution in [1.29, 1.82) is 0 Å². The van der Waals surface area contributed by atoms with Gasteiger partial charge in [-0.3, -0.25) is 4.79 Å². The summed E-state index contributed by atoms with van der Waals surface area (Å²) in [5.74, 6) is -1.12. The zero-order valence-electron chi connectivity index (χ0n) is 14.4. The van der Waals surface area contributed by atoms with Crippen LogP contribution in [0, 0.1) is 0 Å². The van der Waals surface area contributed by atoms with Crippen LogP contribution in [0.25, 0.3) is 0 Å². The van der Waals surface area contributed by atoms with E-state index in [1.807, 2.05) is 6.07 Å². The van der Waals surface area contributed by atoms with E-state index in [1.54, 1.807) is 31.2 Å². The topological polar surface area (TPSA) is 101 Å². The van der Waals surface area contributed by atoms with E-state index in [2.05, 4.69) is 5.32 Å². The highest BCUT2D eigenvalue weighted by molar-refractivity contribution is 7.91. The molecule has 26 heavy (non-hydrogen) atoms. The van der Waals surface area contributed by atoms with E-state index in [9.17, 15) is 18.0 Å². The van der Waals surface area contributed by atoms with Crippen LogP contribution in [-0.2, 0) is 27.5 Å². The molecule has 138 valence electrons. The summed E-state index contributed by atoms with van der Waals surface area (Å²) in [7, 11) is -3.24. The quantitative estimate of drug-likeness (QED) is 0.736. The summed E-state index contributed by atoms with van der Waals surface area (Å²) in [6, 6.07) is 12.9. The summed E-state index contributed by atoms with van der Waals surface area (Å²) in [6.07, 6.45) is 0.683. The van der Waals surface area contributed by atoms with Gasteiger partial charge < -0.3 is 10.4 Å². The summed E-state index contributed by atoms with van der Waals surface area (Å²) in [5.41, 5.74) is 1.78. The average molecular weight is 375 g/mol. The van der Waals surface area contributed by atoms with Crippen molar-refractivity contribution in [2.45, 2.75) is 24.7 Å². The number of carboxylic acids is 1. The molecule has 0 aliphatic heterocycles. The van der Waals surface area contributed by atoms with Gasteiger partial charge in [0.2, 0.25) is 5.91 Å². The Morgan fingerprint density at radius 1 is 1.04 bits per heavy atom. The number of carboxylic acid groups (broad SMARTS) is 1. The van der Waals surface area contributed by atoms with E-state index in [0.29, 0.717) is 13.0 Å². The number of benzene rings is 2. The molecule has 0 bridgehead atoms. The Hall–Kier alpha value is -2.67. The molecule has 7 heteroatoms. The molecule has 6 nitrogen and oxygen atoms in total. The van der Waals surface area contributed by atoms with Crippen LogP contribution < -0.4 is 5.32 Å². The number of carbonyl (C=O) groups is 2. The van der Waals surface area contributed by atoms with E-state index in [0.717, 1.165) is 11.1 Å². The van der Waals surface area contributed by atoms with E-state index < -0.39 is 15.8 Å². The SMILES string of the molecule is CCS(=O)(=O)c1ccc(CC(=O)NCCc2cccc(C(=O)O)c2)cc1. The molecule has 0 aliphatic rings. The Labute approximate surface area is 152 Å². The predicted molar refractivity (Wildman–Crippen MR) is 98.0 cm³/mol. The van der Waals surface area contributed by atoms with Crippen LogP contribution in [0.1, 0.15) is 28.4 Å². The fourth-order valence-corrected chi connectivity index (χ4v) is 3.32. The lowest BCUT2D eigenvalue weighted by atomic mass is 10.1. The molecule has 0 fully saturated rings. The van der Waals surface area contributed by atoms with Crippen LogP contribution in [0.5, 0.6) is 0 Å². The van der Waals surface area contributed by atoms with E-state index in [1.165, 1.54) is 18.2 Å². The minimum Gasteiger partial charge on any atom is -0.478 e. The van der Waals surface area contributed by atoms with Crippen LogP contribution in [0.4, 0.5) is 0 Å². The third-order valence-corrected chi connectivity index (χ3v) is 5.69. The first-order valence-electron chi connectivity index (χ1n) is 8.22. The van der Waals surface area contributed by atoms with Gasteiger partial charge in [0.05, 0.1) is 22.6 Å². The van der Waals surface area contributed by atoms with E-state index in [-0.39, 0.29) is 28.5 Å².